The monoisotopic (exact) mass is 458 g/mol. The second kappa shape index (κ2) is 6.18. The van der Waals surface area contributed by atoms with E-state index >= 15 is 0 Å². The van der Waals surface area contributed by atoms with Crippen LogP contribution < -0.4 is 0 Å². The number of hydrogen-bond acceptors (Lipinski definition) is 6. The van der Waals surface area contributed by atoms with Crippen LogP contribution in [0, 0.1) is 39.4 Å². The molecule has 3 aliphatic carbocycles. The Bertz CT molecular complexity index is 771. The van der Waals surface area contributed by atoms with Crippen LogP contribution in [-0.2, 0) is 28.4 Å². The summed E-state index contributed by atoms with van der Waals surface area (Å²) in [6.07, 6.45) is 11.1. The lowest BCUT2D eigenvalue weighted by Gasteiger charge is -2.70. The first-order chi connectivity index (χ1) is 16.2. The van der Waals surface area contributed by atoms with Crippen LogP contribution in [0.4, 0.5) is 0 Å². The van der Waals surface area contributed by atoms with Crippen molar-refractivity contribution >= 4 is 0 Å². The minimum atomic E-state index is 0.0985. The third kappa shape index (κ3) is 2.06. The average Bonchev–Trinajstić information content (AvgIpc) is 3.80. The summed E-state index contributed by atoms with van der Waals surface area (Å²) >= 11 is 0. The second-order valence-electron chi connectivity index (χ2n) is 13.1. The zero-order chi connectivity index (χ0) is 21.6. The first-order valence-corrected chi connectivity index (χ1v) is 13.9. The quantitative estimate of drug-likeness (QED) is 0.604. The van der Waals surface area contributed by atoms with Crippen molar-refractivity contribution in [1.82, 2.24) is 0 Å². The Kier molecular flexibility index (Phi) is 3.72. The van der Waals surface area contributed by atoms with E-state index in [9.17, 15) is 0 Å². The van der Waals surface area contributed by atoms with Crippen molar-refractivity contribution in [3.8, 4) is 0 Å². The topological polar surface area (TPSA) is 65.3 Å². The van der Waals surface area contributed by atoms with Gasteiger partial charge in [-0.05, 0) is 50.4 Å². The number of hydrogen-bond donors (Lipinski definition) is 0. The Labute approximate surface area is 196 Å². The van der Waals surface area contributed by atoms with E-state index in [-0.39, 0.29) is 21.7 Å². The molecule has 12 unspecified atom stereocenters. The van der Waals surface area contributed by atoms with E-state index < -0.39 is 0 Å². The van der Waals surface area contributed by atoms with Gasteiger partial charge in [0.05, 0.1) is 76.3 Å². The fourth-order valence-corrected chi connectivity index (χ4v) is 11.8. The molecule has 0 radical (unpaired) electrons. The Balaban J connectivity index is 1.31. The van der Waals surface area contributed by atoms with Gasteiger partial charge >= 0.3 is 0 Å². The molecule has 6 aliphatic heterocycles. The summed E-state index contributed by atoms with van der Waals surface area (Å²) in [5.41, 5.74) is 0.517. The normalized spacial score (nSPS) is 63.4. The summed E-state index contributed by atoms with van der Waals surface area (Å²) in [4.78, 5) is 0. The summed E-state index contributed by atoms with van der Waals surface area (Å²) in [5, 5.41) is 0. The van der Waals surface area contributed by atoms with E-state index in [1.165, 1.54) is 44.9 Å². The molecule has 3 saturated carbocycles. The minimum absolute atomic E-state index is 0.0985. The van der Waals surface area contributed by atoms with Gasteiger partial charge in [-0.25, -0.2) is 0 Å². The predicted molar refractivity (Wildman–Crippen MR) is 117 cm³/mol. The molecule has 0 spiro atoms. The maximum Gasteiger partial charge on any atom is 0.0898 e. The number of ether oxygens (including phenoxy) is 6. The number of epoxide rings is 3. The third-order valence-electron chi connectivity index (χ3n) is 12.9. The van der Waals surface area contributed by atoms with Gasteiger partial charge < -0.3 is 28.4 Å². The highest BCUT2D eigenvalue weighted by atomic mass is 16.6. The van der Waals surface area contributed by atoms with Crippen LogP contribution in [0.3, 0.4) is 0 Å². The van der Waals surface area contributed by atoms with E-state index in [0.717, 1.165) is 39.6 Å². The molecule has 0 amide bonds. The first-order valence-electron chi connectivity index (χ1n) is 13.9. The van der Waals surface area contributed by atoms with Gasteiger partial charge in [-0.1, -0.05) is 6.92 Å². The zero-order valence-electron chi connectivity index (χ0n) is 19.8. The molecule has 9 fully saturated rings. The van der Waals surface area contributed by atoms with Gasteiger partial charge in [0.25, 0.3) is 0 Å². The van der Waals surface area contributed by atoms with Gasteiger partial charge in [0.2, 0.25) is 0 Å². The van der Waals surface area contributed by atoms with E-state index in [4.69, 9.17) is 28.4 Å². The molecule has 9 aliphatic rings. The lowest BCUT2D eigenvalue weighted by Crippen LogP contribution is -2.71. The summed E-state index contributed by atoms with van der Waals surface area (Å²) in [7, 11) is 0. The van der Waals surface area contributed by atoms with Gasteiger partial charge in [-0.3, -0.25) is 0 Å². The van der Waals surface area contributed by atoms with Gasteiger partial charge in [-0.2, -0.15) is 0 Å². The first kappa shape index (κ1) is 19.9. The van der Waals surface area contributed by atoms with Crippen LogP contribution in [0.15, 0.2) is 0 Å². The molecular weight excluding hydrogens is 420 g/mol. The summed E-state index contributed by atoms with van der Waals surface area (Å²) in [5.74, 6) is 1.54. The van der Waals surface area contributed by atoms with Gasteiger partial charge in [-0.15, -0.1) is 0 Å². The van der Waals surface area contributed by atoms with Crippen LogP contribution in [0.5, 0.6) is 0 Å². The van der Waals surface area contributed by atoms with Gasteiger partial charge in [0, 0.05) is 34.0 Å². The van der Waals surface area contributed by atoms with Crippen LogP contribution in [-0.4, -0.2) is 76.3 Å². The van der Waals surface area contributed by atoms with E-state index in [1.807, 2.05) is 0 Å². The molecule has 6 heterocycles. The van der Waals surface area contributed by atoms with E-state index in [0.29, 0.717) is 54.4 Å². The Hall–Kier alpha value is -0.240. The summed E-state index contributed by atoms with van der Waals surface area (Å²) in [6.45, 7) is 7.81. The van der Waals surface area contributed by atoms with Crippen LogP contribution in [0.25, 0.3) is 0 Å². The molecule has 0 bridgehead atoms. The van der Waals surface area contributed by atoms with Crippen LogP contribution >= 0.6 is 0 Å². The number of fused-ring (bicyclic) bond motifs is 9. The predicted octanol–water partition coefficient (Wildman–Crippen LogP) is 2.96. The molecule has 0 N–H and O–H groups in total. The highest BCUT2D eigenvalue weighted by molar-refractivity contribution is 5.29. The molecular formula is C27H38O6. The summed E-state index contributed by atoms with van der Waals surface area (Å²) in [6, 6.07) is 0. The molecule has 6 heteroatoms. The maximum absolute atomic E-state index is 6.52. The van der Waals surface area contributed by atoms with E-state index in [1.54, 1.807) is 0 Å². The Morgan fingerprint density at radius 2 is 0.970 bits per heavy atom. The second-order valence-corrected chi connectivity index (χ2v) is 13.1. The van der Waals surface area contributed by atoms with Crippen LogP contribution in [0.1, 0.15) is 51.9 Å². The molecule has 33 heavy (non-hydrogen) atoms. The van der Waals surface area contributed by atoms with Crippen molar-refractivity contribution in [2.45, 2.75) is 88.5 Å². The van der Waals surface area contributed by atoms with Crippen molar-refractivity contribution in [2.75, 3.05) is 39.6 Å². The van der Waals surface area contributed by atoms with Crippen molar-refractivity contribution in [1.29, 1.82) is 0 Å². The molecule has 0 aromatic carbocycles. The number of rotatable bonds is 4. The van der Waals surface area contributed by atoms with Crippen molar-refractivity contribution in [3.05, 3.63) is 0 Å². The standard InChI is InChI=1S/C27H38O6/c1-2-27(24-6-3-18-21(31-18)15(24)9-28-12-24,25-7-4-19-22(32-19)16(25)10-29-13-25)26-8-5-20-23(33-20)17(26)11-30-14-26/h15-23H,2-14H2,1H3. The minimum Gasteiger partial charge on any atom is -0.380 e. The zero-order valence-corrected chi connectivity index (χ0v) is 19.8. The summed E-state index contributed by atoms with van der Waals surface area (Å²) < 4.78 is 38.5. The fourth-order valence-electron chi connectivity index (χ4n) is 11.8. The average molecular weight is 459 g/mol. The highest BCUT2D eigenvalue weighted by Crippen LogP contribution is 2.81. The van der Waals surface area contributed by atoms with Gasteiger partial charge in [0.1, 0.15) is 0 Å². The molecule has 0 aromatic heterocycles. The maximum atomic E-state index is 6.52. The van der Waals surface area contributed by atoms with Crippen molar-refractivity contribution in [2.24, 2.45) is 39.4 Å². The molecule has 12 atom stereocenters. The molecule has 6 saturated heterocycles. The largest absolute Gasteiger partial charge is 0.380 e. The smallest absolute Gasteiger partial charge is 0.0898 e. The highest BCUT2D eigenvalue weighted by Gasteiger charge is 2.83. The Morgan fingerprint density at radius 1 is 0.606 bits per heavy atom. The molecule has 182 valence electrons. The lowest BCUT2D eigenvalue weighted by molar-refractivity contribution is -0.242. The van der Waals surface area contributed by atoms with Crippen LogP contribution in [0.2, 0.25) is 0 Å². The fraction of sp³-hybridized carbons (Fsp3) is 1.00. The van der Waals surface area contributed by atoms with Crippen molar-refractivity contribution in [3.63, 3.8) is 0 Å². The van der Waals surface area contributed by atoms with E-state index in [2.05, 4.69) is 6.92 Å². The third-order valence-corrected chi connectivity index (χ3v) is 12.9. The molecule has 0 aromatic rings. The van der Waals surface area contributed by atoms with Gasteiger partial charge in [0.15, 0.2) is 0 Å². The lowest BCUT2D eigenvalue weighted by atomic mass is 9.31. The molecule has 6 nitrogen and oxygen atoms in total. The van der Waals surface area contributed by atoms with Crippen molar-refractivity contribution < 1.29 is 28.4 Å². The SMILES string of the molecule is CCC(C12CCC3OC3C1COC2)(C12CCC3OC3C1COC2)C12CCC3OC3C1COC2. The molecule has 9 rings (SSSR count). The Morgan fingerprint density at radius 3 is 1.30 bits per heavy atom.